The molecule has 0 radical (unpaired) electrons. The molecule has 20 heavy (non-hydrogen) atoms. The molecule has 3 atom stereocenters. The summed E-state index contributed by atoms with van der Waals surface area (Å²) in [6, 6.07) is 4.66. The largest absolute Gasteiger partial charge is 0.373 e. The molecule has 0 bridgehead atoms. The van der Waals surface area contributed by atoms with Crippen LogP contribution in [0.2, 0.25) is 0 Å². The molecule has 0 amide bonds. The highest BCUT2D eigenvalue weighted by Gasteiger charge is 2.43. The van der Waals surface area contributed by atoms with Gasteiger partial charge in [0.2, 0.25) is 0 Å². The van der Waals surface area contributed by atoms with Crippen molar-refractivity contribution in [2.24, 2.45) is 0 Å². The van der Waals surface area contributed by atoms with Gasteiger partial charge in [0.15, 0.2) is 0 Å². The van der Waals surface area contributed by atoms with Crippen LogP contribution in [0.4, 0.5) is 0 Å². The van der Waals surface area contributed by atoms with Crippen molar-refractivity contribution in [2.45, 2.75) is 37.6 Å². The Labute approximate surface area is 120 Å². The average molecular weight is 274 g/mol. The summed E-state index contributed by atoms with van der Waals surface area (Å²) in [5, 5.41) is 0. The molecule has 4 heteroatoms. The summed E-state index contributed by atoms with van der Waals surface area (Å²) >= 11 is 0. The molecule has 108 valence electrons. The van der Waals surface area contributed by atoms with E-state index in [0.717, 1.165) is 32.5 Å². The van der Waals surface area contributed by atoms with Crippen molar-refractivity contribution in [1.29, 1.82) is 0 Å². The number of fused-ring (bicyclic) bond motifs is 1. The van der Waals surface area contributed by atoms with Crippen LogP contribution in [0.5, 0.6) is 0 Å². The van der Waals surface area contributed by atoms with Gasteiger partial charge in [-0.25, -0.2) is 0 Å². The van der Waals surface area contributed by atoms with Gasteiger partial charge < -0.3 is 9.47 Å². The van der Waals surface area contributed by atoms with E-state index in [2.05, 4.69) is 28.6 Å². The van der Waals surface area contributed by atoms with Gasteiger partial charge in [0, 0.05) is 31.5 Å². The van der Waals surface area contributed by atoms with E-state index in [1.165, 1.54) is 5.56 Å². The molecule has 0 unspecified atom stereocenters. The molecule has 2 fully saturated rings. The summed E-state index contributed by atoms with van der Waals surface area (Å²) in [6.07, 6.45) is 8.19. The smallest absolute Gasteiger partial charge is 0.0992 e. The van der Waals surface area contributed by atoms with Gasteiger partial charge in [0.25, 0.3) is 0 Å². The maximum Gasteiger partial charge on any atom is 0.0992 e. The van der Waals surface area contributed by atoms with E-state index in [9.17, 15) is 0 Å². The number of rotatable bonds is 5. The Morgan fingerprint density at radius 1 is 1.40 bits per heavy atom. The third kappa shape index (κ3) is 2.92. The molecule has 1 aromatic rings. The standard InChI is InChI=1S/C16H22N2O2/c1-2-10-19-15-4-3-14-16(15)20-11-9-18(14)12-13-5-7-17-8-6-13/h2,5-8,14-16H,1,3-4,9-12H2/t14-,15+,16+/m0/s1. The minimum Gasteiger partial charge on any atom is -0.373 e. The number of ether oxygens (including phenoxy) is 2. The maximum absolute atomic E-state index is 5.97. The summed E-state index contributed by atoms with van der Waals surface area (Å²) in [5.41, 5.74) is 1.32. The highest BCUT2D eigenvalue weighted by atomic mass is 16.5. The van der Waals surface area contributed by atoms with Gasteiger partial charge in [0.1, 0.15) is 0 Å². The molecule has 2 aliphatic rings. The fraction of sp³-hybridized carbons (Fsp3) is 0.562. The highest BCUT2D eigenvalue weighted by Crippen LogP contribution is 2.32. The summed E-state index contributed by atoms with van der Waals surface area (Å²) in [4.78, 5) is 6.61. The molecule has 1 aliphatic carbocycles. The van der Waals surface area contributed by atoms with Gasteiger partial charge in [-0.2, -0.15) is 0 Å². The van der Waals surface area contributed by atoms with E-state index in [1.54, 1.807) is 0 Å². The van der Waals surface area contributed by atoms with Crippen LogP contribution < -0.4 is 0 Å². The summed E-state index contributed by atoms with van der Waals surface area (Å²) < 4.78 is 11.8. The lowest BCUT2D eigenvalue weighted by atomic mass is 10.1. The van der Waals surface area contributed by atoms with E-state index in [4.69, 9.17) is 9.47 Å². The molecule has 2 heterocycles. The first-order valence-electron chi connectivity index (χ1n) is 7.35. The number of morpholine rings is 1. The Morgan fingerprint density at radius 2 is 2.25 bits per heavy atom. The van der Waals surface area contributed by atoms with E-state index >= 15 is 0 Å². The van der Waals surface area contributed by atoms with Crippen LogP contribution in [-0.4, -0.2) is 47.9 Å². The molecule has 3 rings (SSSR count). The van der Waals surface area contributed by atoms with Crippen molar-refractivity contribution in [2.75, 3.05) is 19.8 Å². The minimum absolute atomic E-state index is 0.213. The SMILES string of the molecule is C=CCO[C@@H]1CC[C@H]2[C@H]1OCCN2Cc1ccncc1. The first kappa shape index (κ1) is 13.7. The Hall–Kier alpha value is -1.23. The zero-order valence-electron chi connectivity index (χ0n) is 11.8. The fourth-order valence-corrected chi connectivity index (χ4v) is 3.28. The van der Waals surface area contributed by atoms with Crippen molar-refractivity contribution in [3.05, 3.63) is 42.7 Å². The van der Waals surface area contributed by atoms with Crippen LogP contribution in [0.25, 0.3) is 0 Å². The van der Waals surface area contributed by atoms with Gasteiger partial charge in [-0.05, 0) is 30.5 Å². The Bertz CT molecular complexity index is 437. The highest BCUT2D eigenvalue weighted by molar-refractivity contribution is 5.10. The third-order valence-corrected chi connectivity index (χ3v) is 4.21. The molecule has 1 saturated heterocycles. The van der Waals surface area contributed by atoms with Crippen LogP contribution in [0, 0.1) is 0 Å². The summed E-state index contributed by atoms with van der Waals surface area (Å²) in [7, 11) is 0. The predicted molar refractivity (Wildman–Crippen MR) is 77.3 cm³/mol. The maximum atomic E-state index is 5.97. The van der Waals surface area contributed by atoms with Crippen LogP contribution in [-0.2, 0) is 16.0 Å². The molecule has 4 nitrogen and oxygen atoms in total. The number of pyridine rings is 1. The van der Waals surface area contributed by atoms with Crippen LogP contribution >= 0.6 is 0 Å². The second-order valence-corrected chi connectivity index (χ2v) is 5.47. The lowest BCUT2D eigenvalue weighted by Gasteiger charge is -2.39. The Morgan fingerprint density at radius 3 is 3.05 bits per heavy atom. The zero-order valence-corrected chi connectivity index (χ0v) is 11.8. The summed E-state index contributed by atoms with van der Waals surface area (Å²) in [6.45, 7) is 7.09. The lowest BCUT2D eigenvalue weighted by Crippen LogP contribution is -2.51. The molecule has 1 aromatic heterocycles. The first-order valence-corrected chi connectivity index (χ1v) is 7.35. The third-order valence-electron chi connectivity index (χ3n) is 4.21. The molecule has 1 saturated carbocycles. The number of hydrogen-bond acceptors (Lipinski definition) is 4. The molecule has 0 aromatic carbocycles. The van der Waals surface area contributed by atoms with Gasteiger partial charge in [0.05, 0.1) is 25.4 Å². The van der Waals surface area contributed by atoms with E-state index < -0.39 is 0 Å². The van der Waals surface area contributed by atoms with Gasteiger partial charge in [-0.1, -0.05) is 6.08 Å². The molecular weight excluding hydrogens is 252 g/mol. The van der Waals surface area contributed by atoms with E-state index in [0.29, 0.717) is 12.6 Å². The van der Waals surface area contributed by atoms with Crippen molar-refractivity contribution in [3.63, 3.8) is 0 Å². The quantitative estimate of drug-likeness (QED) is 0.769. The normalized spacial score (nSPS) is 30.1. The Balaban J connectivity index is 1.64. The topological polar surface area (TPSA) is 34.6 Å². The molecular formula is C16H22N2O2. The average Bonchev–Trinajstić information content (AvgIpc) is 2.90. The van der Waals surface area contributed by atoms with Crippen LogP contribution in [0.3, 0.4) is 0 Å². The number of hydrogen-bond donors (Lipinski definition) is 0. The Kier molecular flexibility index (Phi) is 4.45. The zero-order chi connectivity index (χ0) is 13.8. The van der Waals surface area contributed by atoms with Gasteiger partial charge in [-0.3, -0.25) is 9.88 Å². The fourth-order valence-electron chi connectivity index (χ4n) is 3.28. The van der Waals surface area contributed by atoms with E-state index in [-0.39, 0.29) is 12.2 Å². The van der Waals surface area contributed by atoms with Crippen molar-refractivity contribution in [3.8, 4) is 0 Å². The first-order chi connectivity index (χ1) is 9.88. The monoisotopic (exact) mass is 274 g/mol. The summed E-state index contributed by atoms with van der Waals surface area (Å²) in [5.74, 6) is 0. The van der Waals surface area contributed by atoms with E-state index in [1.807, 2.05) is 18.5 Å². The van der Waals surface area contributed by atoms with Crippen LogP contribution in [0.15, 0.2) is 37.2 Å². The second-order valence-electron chi connectivity index (χ2n) is 5.47. The van der Waals surface area contributed by atoms with Crippen LogP contribution in [0.1, 0.15) is 18.4 Å². The molecule has 0 N–H and O–H groups in total. The van der Waals surface area contributed by atoms with Gasteiger partial charge in [-0.15, -0.1) is 6.58 Å². The van der Waals surface area contributed by atoms with Gasteiger partial charge >= 0.3 is 0 Å². The predicted octanol–water partition coefficient (Wildman–Crippen LogP) is 2.02. The second kappa shape index (κ2) is 6.48. The number of nitrogens with zero attached hydrogens (tertiary/aromatic N) is 2. The van der Waals surface area contributed by atoms with Crippen molar-refractivity contribution >= 4 is 0 Å². The van der Waals surface area contributed by atoms with Crippen molar-refractivity contribution < 1.29 is 9.47 Å². The minimum atomic E-state index is 0.213. The molecule has 0 spiro atoms. The molecule has 1 aliphatic heterocycles. The number of aromatic nitrogens is 1. The lowest BCUT2D eigenvalue weighted by molar-refractivity contribution is -0.111. The van der Waals surface area contributed by atoms with Crippen molar-refractivity contribution in [1.82, 2.24) is 9.88 Å².